The van der Waals surface area contributed by atoms with Gasteiger partial charge in [-0.25, -0.2) is 9.57 Å². The van der Waals surface area contributed by atoms with Crippen molar-refractivity contribution in [2.24, 2.45) is 5.41 Å². The monoisotopic (exact) mass is 249 g/mol. The number of nitrogens with zero attached hydrogens (tertiary/aromatic N) is 1. The molecule has 94 valence electrons. The van der Waals surface area contributed by atoms with E-state index < -0.39 is 7.75 Å². The summed E-state index contributed by atoms with van der Waals surface area (Å²) in [5.41, 5.74) is -0.0565. The molecule has 0 aromatic rings. The van der Waals surface area contributed by atoms with Crippen LogP contribution in [-0.4, -0.2) is 44.4 Å². The van der Waals surface area contributed by atoms with Gasteiger partial charge >= 0.3 is 7.75 Å². The summed E-state index contributed by atoms with van der Waals surface area (Å²) in [4.78, 5) is 0. The maximum atomic E-state index is 12.2. The van der Waals surface area contributed by atoms with E-state index in [1.54, 1.807) is 0 Å². The van der Waals surface area contributed by atoms with Gasteiger partial charge < -0.3 is 5.32 Å². The zero-order valence-electron chi connectivity index (χ0n) is 9.86. The van der Waals surface area contributed by atoms with E-state index >= 15 is 0 Å². The second-order valence-electron chi connectivity index (χ2n) is 5.05. The van der Waals surface area contributed by atoms with Crippen LogP contribution >= 0.6 is 7.75 Å². The molecule has 2 aliphatic rings. The van der Waals surface area contributed by atoms with Crippen LogP contribution in [0.2, 0.25) is 0 Å². The van der Waals surface area contributed by atoms with E-state index in [1.165, 1.54) is 0 Å². The predicted molar refractivity (Wildman–Crippen MR) is 60.9 cm³/mol. The van der Waals surface area contributed by atoms with Gasteiger partial charge in [0.2, 0.25) is 0 Å². The molecule has 16 heavy (non-hydrogen) atoms. The predicted octanol–water partition coefficient (Wildman–Crippen LogP) is 0.577. The Hall–Kier alpha value is 0.0300. The molecule has 0 unspecified atom stereocenters. The van der Waals surface area contributed by atoms with Gasteiger partial charge in [-0.1, -0.05) is 13.8 Å². The Morgan fingerprint density at radius 2 is 1.81 bits per heavy atom. The smallest absolute Gasteiger partial charge is 0.314 e. The highest BCUT2D eigenvalue weighted by atomic mass is 31.2. The summed E-state index contributed by atoms with van der Waals surface area (Å²) in [6.45, 7) is 8.37. The van der Waals surface area contributed by atoms with Gasteiger partial charge in [-0.15, -0.1) is 0 Å². The summed E-state index contributed by atoms with van der Waals surface area (Å²) in [5, 5.41) is 8.00. The van der Waals surface area contributed by atoms with E-state index in [4.69, 9.17) is 9.05 Å². The topological polar surface area (TPSA) is 62.8 Å². The second kappa shape index (κ2) is 4.72. The molecular formula is C9H20N3O3P. The number of hydrogen-bond acceptors (Lipinski definition) is 5. The van der Waals surface area contributed by atoms with Crippen LogP contribution in [0.5, 0.6) is 0 Å². The minimum absolute atomic E-state index is 0.0565. The standard InChI is InChI=1S/C9H20N3O3P/c1-9(2)7-14-16(13,15-8-9)11-12-5-3-10-4-6-12/h10H,3-8H2,1-2H3,(H,11,13). The fourth-order valence-electron chi connectivity index (χ4n) is 1.59. The Morgan fingerprint density at radius 1 is 1.25 bits per heavy atom. The average Bonchev–Trinajstić information content (AvgIpc) is 2.25. The van der Waals surface area contributed by atoms with E-state index in [1.807, 2.05) is 18.9 Å². The highest BCUT2D eigenvalue weighted by Crippen LogP contribution is 2.50. The largest absolute Gasteiger partial charge is 0.419 e. The molecule has 2 heterocycles. The number of hydrogen-bond donors (Lipinski definition) is 2. The molecule has 2 saturated heterocycles. The van der Waals surface area contributed by atoms with Crippen LogP contribution in [0.1, 0.15) is 13.8 Å². The minimum atomic E-state index is -3.11. The zero-order chi connectivity index (χ0) is 11.6. The molecule has 2 rings (SSSR count). The van der Waals surface area contributed by atoms with Gasteiger partial charge in [0.05, 0.1) is 13.2 Å². The van der Waals surface area contributed by atoms with Crippen molar-refractivity contribution >= 4 is 7.75 Å². The summed E-state index contributed by atoms with van der Waals surface area (Å²) >= 11 is 0. The van der Waals surface area contributed by atoms with Crippen molar-refractivity contribution in [3.63, 3.8) is 0 Å². The second-order valence-corrected chi connectivity index (χ2v) is 6.76. The molecule has 0 atom stereocenters. The van der Waals surface area contributed by atoms with Crippen LogP contribution in [0.15, 0.2) is 0 Å². The van der Waals surface area contributed by atoms with Gasteiger partial charge in [-0.05, 0) is 0 Å². The molecule has 0 saturated carbocycles. The van der Waals surface area contributed by atoms with Crippen LogP contribution in [-0.2, 0) is 13.6 Å². The molecule has 0 aromatic heterocycles. The van der Waals surface area contributed by atoms with Crippen LogP contribution < -0.4 is 10.5 Å². The van der Waals surface area contributed by atoms with E-state index in [-0.39, 0.29) is 5.41 Å². The van der Waals surface area contributed by atoms with E-state index in [2.05, 4.69) is 10.5 Å². The molecular weight excluding hydrogens is 229 g/mol. The summed E-state index contributed by atoms with van der Waals surface area (Å²) in [7, 11) is -3.11. The third-order valence-corrected chi connectivity index (χ3v) is 4.10. The van der Waals surface area contributed by atoms with Crippen molar-refractivity contribution < 1.29 is 13.6 Å². The lowest BCUT2D eigenvalue weighted by Crippen LogP contribution is -2.50. The van der Waals surface area contributed by atoms with E-state index in [0.29, 0.717) is 13.2 Å². The molecule has 6 nitrogen and oxygen atoms in total. The fourth-order valence-corrected chi connectivity index (χ4v) is 3.37. The minimum Gasteiger partial charge on any atom is -0.314 e. The summed E-state index contributed by atoms with van der Waals surface area (Å²) in [5.74, 6) is 0. The average molecular weight is 249 g/mol. The van der Waals surface area contributed by atoms with E-state index in [9.17, 15) is 4.57 Å². The van der Waals surface area contributed by atoms with Gasteiger partial charge in [0.1, 0.15) is 0 Å². The molecule has 0 amide bonds. The molecule has 0 spiro atoms. The van der Waals surface area contributed by atoms with Crippen LogP contribution in [0.3, 0.4) is 0 Å². The quantitative estimate of drug-likeness (QED) is 0.698. The first-order chi connectivity index (χ1) is 7.49. The molecule has 0 aromatic carbocycles. The van der Waals surface area contributed by atoms with Crippen LogP contribution in [0.4, 0.5) is 0 Å². The Balaban J connectivity index is 1.86. The lowest BCUT2D eigenvalue weighted by molar-refractivity contribution is 0.0247. The number of rotatable bonds is 2. The fraction of sp³-hybridized carbons (Fsp3) is 1.00. The van der Waals surface area contributed by atoms with Gasteiger partial charge in [0.15, 0.2) is 0 Å². The summed E-state index contributed by atoms with van der Waals surface area (Å²) in [6.07, 6.45) is 0. The Kier molecular flexibility index (Phi) is 3.69. The molecule has 7 heteroatoms. The van der Waals surface area contributed by atoms with Crippen molar-refractivity contribution in [1.82, 2.24) is 15.5 Å². The number of hydrazine groups is 1. The van der Waals surface area contributed by atoms with Crippen LogP contribution in [0.25, 0.3) is 0 Å². The van der Waals surface area contributed by atoms with Crippen molar-refractivity contribution in [3.8, 4) is 0 Å². The first-order valence-electron chi connectivity index (χ1n) is 5.62. The maximum absolute atomic E-state index is 12.2. The Morgan fingerprint density at radius 3 is 2.38 bits per heavy atom. The van der Waals surface area contributed by atoms with Crippen molar-refractivity contribution in [2.75, 3.05) is 39.4 Å². The van der Waals surface area contributed by atoms with Crippen molar-refractivity contribution in [3.05, 3.63) is 0 Å². The number of piperazine rings is 1. The highest BCUT2D eigenvalue weighted by Gasteiger charge is 2.38. The Bertz CT molecular complexity index is 278. The SMILES string of the molecule is CC1(C)COP(=O)(NN2CCNCC2)OC1. The molecule has 0 bridgehead atoms. The van der Waals surface area contributed by atoms with Crippen molar-refractivity contribution in [1.29, 1.82) is 0 Å². The molecule has 0 radical (unpaired) electrons. The van der Waals surface area contributed by atoms with Gasteiger partial charge in [0.25, 0.3) is 0 Å². The summed E-state index contributed by atoms with van der Waals surface area (Å²) in [6, 6.07) is 0. The van der Waals surface area contributed by atoms with E-state index in [0.717, 1.165) is 26.2 Å². The number of nitrogens with one attached hydrogen (secondary N) is 2. The maximum Gasteiger partial charge on any atom is 0.419 e. The zero-order valence-corrected chi connectivity index (χ0v) is 10.8. The van der Waals surface area contributed by atoms with Gasteiger partial charge in [-0.3, -0.25) is 9.05 Å². The lowest BCUT2D eigenvalue weighted by atomic mass is 9.97. The van der Waals surface area contributed by atoms with Crippen LogP contribution in [0, 0.1) is 5.41 Å². The highest BCUT2D eigenvalue weighted by molar-refractivity contribution is 7.51. The molecule has 2 N–H and O–H groups in total. The van der Waals surface area contributed by atoms with Crippen molar-refractivity contribution in [2.45, 2.75) is 13.8 Å². The molecule has 2 fully saturated rings. The third kappa shape index (κ3) is 3.26. The Labute approximate surface area is 96.2 Å². The first-order valence-corrected chi connectivity index (χ1v) is 7.16. The third-order valence-electron chi connectivity index (χ3n) is 2.63. The first kappa shape index (κ1) is 12.5. The molecule has 0 aliphatic carbocycles. The van der Waals surface area contributed by atoms with Gasteiger partial charge in [0, 0.05) is 31.6 Å². The summed E-state index contributed by atoms with van der Waals surface area (Å²) < 4.78 is 22.9. The lowest BCUT2D eigenvalue weighted by Gasteiger charge is -2.37. The van der Waals surface area contributed by atoms with Gasteiger partial charge in [-0.2, -0.15) is 5.20 Å². The normalized spacial score (nSPS) is 30.1. The molecule has 2 aliphatic heterocycles.